The number of rotatable bonds is 32. The van der Waals surface area contributed by atoms with Crippen molar-refractivity contribution in [3.8, 4) is 0 Å². The van der Waals surface area contributed by atoms with Crippen molar-refractivity contribution in [2.75, 3.05) is 0 Å². The third-order valence-corrected chi connectivity index (χ3v) is 11.1. The molecule has 0 aliphatic heterocycles. The van der Waals surface area contributed by atoms with Crippen LogP contribution in [0, 0.1) is 23.2 Å². The van der Waals surface area contributed by atoms with Crippen molar-refractivity contribution < 1.29 is 0 Å². The Morgan fingerprint density at radius 3 is 0.615 bits per heavy atom. The highest BCUT2D eigenvalue weighted by atomic mass is 14.3. The van der Waals surface area contributed by atoms with E-state index in [2.05, 4.69) is 104 Å². The summed E-state index contributed by atoms with van der Waals surface area (Å²) in [5.74, 6) is 3.07. The topological polar surface area (TPSA) is 0 Å². The van der Waals surface area contributed by atoms with Gasteiger partial charge in [-0.1, -0.05) is 290 Å². The van der Waals surface area contributed by atoms with Crippen molar-refractivity contribution in [2.24, 2.45) is 23.2 Å². The van der Waals surface area contributed by atoms with Crippen LogP contribution in [0.4, 0.5) is 0 Å². The molecule has 0 aromatic heterocycles. The van der Waals surface area contributed by atoms with Crippen molar-refractivity contribution in [1.29, 1.82) is 0 Å². The van der Waals surface area contributed by atoms with E-state index in [4.69, 9.17) is 0 Å². The van der Waals surface area contributed by atoms with Gasteiger partial charge in [0, 0.05) is 0 Å². The Hall–Kier alpha value is 0. The lowest BCUT2D eigenvalue weighted by atomic mass is 9.72. The number of hydrogen-bond donors (Lipinski definition) is 0. The van der Waals surface area contributed by atoms with Gasteiger partial charge in [0.1, 0.15) is 0 Å². The zero-order chi connectivity index (χ0) is 40.6. The van der Waals surface area contributed by atoms with Crippen molar-refractivity contribution in [3.63, 3.8) is 0 Å². The first-order chi connectivity index (χ1) is 25.2. The third kappa shape index (κ3) is 50.0. The van der Waals surface area contributed by atoms with E-state index in [0.29, 0.717) is 5.41 Å². The van der Waals surface area contributed by atoms with Crippen molar-refractivity contribution in [3.05, 3.63) is 0 Å². The Kier molecular flexibility index (Phi) is 65.2. The normalized spacial score (nSPS) is 11.0. The monoisotopic (exact) mass is 739 g/mol. The van der Waals surface area contributed by atoms with Gasteiger partial charge in [0.25, 0.3) is 0 Å². The summed E-state index contributed by atoms with van der Waals surface area (Å²) in [6.07, 6.45) is 46.5. The Morgan fingerprint density at radius 2 is 0.442 bits per heavy atom. The molecule has 0 rings (SSSR count). The average Bonchev–Trinajstić information content (AvgIpc) is 3.11. The highest BCUT2D eigenvalue weighted by Gasteiger charge is 2.25. The fourth-order valence-electron chi connectivity index (χ4n) is 8.75. The van der Waals surface area contributed by atoms with Crippen LogP contribution in [-0.2, 0) is 0 Å². The molecule has 0 atom stereocenters. The van der Waals surface area contributed by atoms with E-state index >= 15 is 0 Å². The van der Waals surface area contributed by atoms with Gasteiger partial charge in [-0.25, -0.2) is 0 Å². The minimum absolute atomic E-state index is 0.701. The maximum atomic E-state index is 2.33. The summed E-state index contributed by atoms with van der Waals surface area (Å²) in [5.41, 5.74) is 0.701. The standard InChI is InChI=1S/C17H36.C13H28.C10H22.C7H16.C5H12/c1-5-10-16(11-6-2)14-9-15-17(12-7-3)13-8-4;1-5-9-13(10-6-2,11-7-3)12-8-4;1-4-7-10(8-5-2)9-6-3;1-3-5-7-6-4-2;1-3-5-4-2/h16-17H,5-15H2,1-4H3;5-12H2,1-4H3;10H,4-9H2,1-3H3;3-7H2,1-2H3;3-5H2,1-2H3. The van der Waals surface area contributed by atoms with Gasteiger partial charge in [-0.3, -0.25) is 0 Å². The molecule has 0 N–H and O–H groups in total. The first kappa shape index (κ1) is 61.2. The summed E-state index contributed by atoms with van der Waals surface area (Å²) in [6, 6.07) is 0. The van der Waals surface area contributed by atoms with Crippen molar-refractivity contribution in [1.82, 2.24) is 0 Å². The van der Waals surface area contributed by atoms with Gasteiger partial charge < -0.3 is 0 Å². The highest BCUT2D eigenvalue weighted by Crippen LogP contribution is 2.39. The van der Waals surface area contributed by atoms with Crippen LogP contribution in [0.15, 0.2) is 0 Å². The van der Waals surface area contributed by atoms with E-state index in [-0.39, 0.29) is 0 Å². The minimum atomic E-state index is 0.701. The van der Waals surface area contributed by atoms with Gasteiger partial charge in [-0.15, -0.1) is 0 Å². The number of unbranched alkanes of at least 4 members (excludes halogenated alkanes) is 6. The van der Waals surface area contributed by atoms with Crippen molar-refractivity contribution in [2.45, 2.75) is 316 Å². The average molecular weight is 739 g/mol. The van der Waals surface area contributed by atoms with Gasteiger partial charge in [0.05, 0.1) is 0 Å². The summed E-state index contributed by atoms with van der Waals surface area (Å²) in [6.45, 7) is 34.4. The summed E-state index contributed by atoms with van der Waals surface area (Å²) < 4.78 is 0. The fourth-order valence-corrected chi connectivity index (χ4v) is 8.75. The first-order valence-electron chi connectivity index (χ1n) is 25.2. The molecule has 0 unspecified atom stereocenters. The zero-order valence-electron chi connectivity index (χ0n) is 40.6. The lowest BCUT2D eigenvalue weighted by Crippen LogP contribution is -2.20. The molecule has 0 saturated heterocycles. The maximum Gasteiger partial charge on any atom is -0.0298 e. The Labute approximate surface area is 337 Å². The summed E-state index contributed by atoms with van der Waals surface area (Å²) in [7, 11) is 0. The molecule has 0 heteroatoms. The second-order valence-corrected chi connectivity index (χ2v) is 17.0. The molecule has 0 radical (unpaired) electrons. The summed E-state index contributed by atoms with van der Waals surface area (Å²) >= 11 is 0. The quantitative estimate of drug-likeness (QED) is 0.0603. The van der Waals surface area contributed by atoms with Gasteiger partial charge >= 0.3 is 0 Å². The molecule has 0 spiro atoms. The SMILES string of the molecule is CCCC(CCC)(CCC)CCC.CCCC(CCC)CCC.CCCC(CCC)CCCC(CCC)CCC.CCCCC.CCCCCCC. The van der Waals surface area contributed by atoms with Crippen LogP contribution in [0.5, 0.6) is 0 Å². The van der Waals surface area contributed by atoms with Gasteiger partial charge in [-0.2, -0.15) is 0 Å². The second kappa shape index (κ2) is 55.3. The Balaban J connectivity index is -0.000000188. The van der Waals surface area contributed by atoms with Crippen molar-refractivity contribution >= 4 is 0 Å². The molecule has 0 aromatic carbocycles. The zero-order valence-corrected chi connectivity index (χ0v) is 40.6. The number of hydrogen-bond acceptors (Lipinski definition) is 0. The molecule has 0 nitrogen and oxygen atoms in total. The first-order valence-corrected chi connectivity index (χ1v) is 25.2. The van der Waals surface area contributed by atoms with Crippen LogP contribution in [0.2, 0.25) is 0 Å². The Morgan fingerprint density at radius 1 is 0.212 bits per heavy atom. The lowest BCUT2D eigenvalue weighted by molar-refractivity contribution is 0.190. The highest BCUT2D eigenvalue weighted by molar-refractivity contribution is 4.77. The molecule has 0 bridgehead atoms. The fraction of sp³-hybridized carbons (Fsp3) is 1.00. The molecular weight excluding hydrogens is 625 g/mol. The minimum Gasteiger partial charge on any atom is -0.0654 e. The molecule has 0 aliphatic rings. The molecular formula is C52H114. The van der Waals surface area contributed by atoms with E-state index in [1.54, 1.807) is 0 Å². The predicted molar refractivity (Wildman–Crippen MR) is 250 cm³/mol. The van der Waals surface area contributed by atoms with Crippen LogP contribution < -0.4 is 0 Å². The second-order valence-electron chi connectivity index (χ2n) is 17.0. The summed E-state index contributed by atoms with van der Waals surface area (Å²) in [5, 5.41) is 0. The summed E-state index contributed by atoms with van der Waals surface area (Å²) in [4.78, 5) is 0. The Bertz CT molecular complexity index is 456. The largest absolute Gasteiger partial charge is 0.0654 e. The van der Waals surface area contributed by atoms with Gasteiger partial charge in [0.15, 0.2) is 0 Å². The molecule has 0 amide bonds. The smallest absolute Gasteiger partial charge is 0.0298 e. The van der Waals surface area contributed by atoms with Gasteiger partial charge in [0.2, 0.25) is 0 Å². The third-order valence-electron chi connectivity index (χ3n) is 11.1. The predicted octanol–water partition coefficient (Wildman–Crippen LogP) is 20.9. The van der Waals surface area contributed by atoms with Crippen LogP contribution in [0.1, 0.15) is 316 Å². The van der Waals surface area contributed by atoms with Gasteiger partial charge in [-0.05, 0) is 48.9 Å². The molecule has 0 aromatic rings. The van der Waals surface area contributed by atoms with Crippen LogP contribution in [0.3, 0.4) is 0 Å². The van der Waals surface area contributed by atoms with Crippen LogP contribution >= 0.6 is 0 Å². The van der Waals surface area contributed by atoms with E-state index in [1.165, 1.54) is 212 Å². The molecule has 0 heterocycles. The molecule has 52 heavy (non-hydrogen) atoms. The van der Waals surface area contributed by atoms with E-state index in [9.17, 15) is 0 Å². The molecule has 0 aliphatic carbocycles. The molecule has 0 fully saturated rings. The molecule has 322 valence electrons. The van der Waals surface area contributed by atoms with Crippen LogP contribution in [-0.4, -0.2) is 0 Å². The van der Waals surface area contributed by atoms with Crippen LogP contribution in [0.25, 0.3) is 0 Å². The van der Waals surface area contributed by atoms with E-state index < -0.39 is 0 Å². The van der Waals surface area contributed by atoms with E-state index in [1.807, 2.05) is 0 Å². The lowest BCUT2D eigenvalue weighted by Gasteiger charge is -2.33. The maximum absolute atomic E-state index is 2.33. The van der Waals surface area contributed by atoms with E-state index in [0.717, 1.165) is 17.8 Å². The molecule has 0 saturated carbocycles.